The molecule has 3 aliphatic rings. The lowest BCUT2D eigenvalue weighted by atomic mass is 9.80. The maximum Gasteiger partial charge on any atom is 0.262 e. The summed E-state index contributed by atoms with van der Waals surface area (Å²) in [6, 6.07) is 35.3. The minimum atomic E-state index is -0.202. The highest BCUT2D eigenvalue weighted by atomic mass is 16.5. The van der Waals surface area contributed by atoms with Crippen molar-refractivity contribution in [2.24, 2.45) is 0 Å². The topological polar surface area (TPSA) is 28.0 Å². The largest absolute Gasteiger partial charge is 0.361 e. The van der Waals surface area contributed by atoms with Crippen molar-refractivity contribution in [1.82, 2.24) is 0 Å². The third kappa shape index (κ3) is 6.90. The molecule has 5 nitrogen and oxygen atoms in total. The number of allylic oxidation sites excluding steroid dienone is 7. The molecule has 2 aliphatic heterocycles. The number of hydrogen-bond donors (Lipinski definition) is 0. The molecule has 0 spiro atoms. The van der Waals surface area contributed by atoms with E-state index in [4.69, 9.17) is 9.47 Å². The van der Waals surface area contributed by atoms with Gasteiger partial charge in [0.15, 0.2) is 5.71 Å². The molecule has 1 aliphatic carbocycles. The fourth-order valence-electron chi connectivity index (χ4n) is 9.21. The Morgan fingerprint density at radius 3 is 1.93 bits per heavy atom. The Hall–Kier alpha value is -4.97. The molecular weight excluding hydrogens is 687 g/mol. The van der Waals surface area contributed by atoms with Crippen LogP contribution in [0.4, 0.5) is 22.7 Å². The molecule has 0 aromatic heterocycles. The number of benzene rings is 4. The van der Waals surface area contributed by atoms with E-state index in [0.29, 0.717) is 0 Å². The highest BCUT2D eigenvalue weighted by molar-refractivity contribution is 6.03. The van der Waals surface area contributed by atoms with E-state index in [1.54, 1.807) is 0 Å². The molecule has 0 fully saturated rings. The van der Waals surface area contributed by atoms with E-state index in [-0.39, 0.29) is 23.3 Å². The average Bonchev–Trinajstić information content (AvgIpc) is 3.76. The van der Waals surface area contributed by atoms with Gasteiger partial charge in [0.1, 0.15) is 6.23 Å². The van der Waals surface area contributed by atoms with Gasteiger partial charge in [0.2, 0.25) is 5.69 Å². The summed E-state index contributed by atoms with van der Waals surface area (Å²) in [5.74, 6) is 0. The molecule has 0 amide bonds. The Kier molecular flexibility index (Phi) is 11.1. The number of nitrogens with zero attached hydrogens (tertiary/aromatic N) is 3. The molecule has 0 saturated carbocycles. The quantitative estimate of drug-likeness (QED) is 0.135. The van der Waals surface area contributed by atoms with Gasteiger partial charge in [-0.1, -0.05) is 106 Å². The second kappa shape index (κ2) is 15.9. The molecule has 2 unspecified atom stereocenters. The second-order valence-electron chi connectivity index (χ2n) is 16.6. The SMILES string of the molecule is CCC(OC)N1/C(=C/C=C2\CCC(/C=C/C3=[N+](C(CC)OC)c4ccc(C)cc4C3(C)C)=C2N(c2ccccc2)c2ccccc2)C(C)(C)c2cc(C)ccc21. The number of aryl methyl sites for hydroxylation is 2. The highest BCUT2D eigenvalue weighted by Crippen LogP contribution is 2.50. The maximum atomic E-state index is 6.15. The van der Waals surface area contributed by atoms with Crippen LogP contribution in [0.1, 0.15) is 89.5 Å². The third-order valence-electron chi connectivity index (χ3n) is 12.2. The van der Waals surface area contributed by atoms with Gasteiger partial charge >= 0.3 is 0 Å². The molecule has 7 rings (SSSR count). The Labute approximate surface area is 336 Å². The van der Waals surface area contributed by atoms with Crippen molar-refractivity contribution in [3.63, 3.8) is 0 Å². The van der Waals surface area contributed by atoms with Crippen LogP contribution >= 0.6 is 0 Å². The van der Waals surface area contributed by atoms with E-state index in [2.05, 4.69) is 191 Å². The lowest BCUT2D eigenvalue weighted by Crippen LogP contribution is -2.36. The molecule has 56 heavy (non-hydrogen) atoms. The van der Waals surface area contributed by atoms with Crippen LogP contribution in [0.25, 0.3) is 0 Å². The predicted molar refractivity (Wildman–Crippen MR) is 235 cm³/mol. The Balaban J connectivity index is 1.44. The summed E-state index contributed by atoms with van der Waals surface area (Å²) in [6.07, 6.45) is 13.0. The number of methoxy groups -OCH3 is 2. The van der Waals surface area contributed by atoms with E-state index in [1.165, 1.54) is 61.9 Å². The van der Waals surface area contributed by atoms with Crippen LogP contribution in [0, 0.1) is 13.8 Å². The zero-order chi connectivity index (χ0) is 39.8. The zero-order valence-corrected chi connectivity index (χ0v) is 35.2. The average molecular weight is 747 g/mol. The fraction of sp³-hybridized carbons (Fsp3) is 0.353. The molecule has 0 radical (unpaired) electrons. The van der Waals surface area contributed by atoms with E-state index in [9.17, 15) is 0 Å². The minimum Gasteiger partial charge on any atom is -0.361 e. The van der Waals surface area contributed by atoms with Crippen LogP contribution in [-0.2, 0) is 20.3 Å². The van der Waals surface area contributed by atoms with Crippen LogP contribution in [0.3, 0.4) is 0 Å². The van der Waals surface area contributed by atoms with Gasteiger partial charge in [0.05, 0.1) is 11.1 Å². The van der Waals surface area contributed by atoms with Crippen molar-refractivity contribution in [3.8, 4) is 0 Å². The van der Waals surface area contributed by atoms with Crippen LogP contribution in [-0.4, -0.2) is 37.0 Å². The normalized spacial score (nSPS) is 19.7. The standard InChI is InChI=1S/C51H60N3O2/c1-11-47(55-9)53-43-29-23-35(3)33-41(43)50(5,6)45(53)31-27-37-25-26-38(49(37)52(39-19-15-13-16-20-39)40-21-17-14-18-22-40)28-32-46-51(7,8)42-34-36(4)24-30-44(42)54(46)48(12-2)56-10/h13-24,27-34,47-48H,11-12,25-26H2,1-10H3/q+1. The predicted octanol–water partition coefficient (Wildman–Crippen LogP) is 12.5. The van der Waals surface area contributed by atoms with Crippen LogP contribution in [0.2, 0.25) is 0 Å². The number of hydrogen-bond acceptors (Lipinski definition) is 4. The molecule has 4 aromatic carbocycles. The second-order valence-corrected chi connectivity index (χ2v) is 16.6. The van der Waals surface area contributed by atoms with Gasteiger partial charge in [0.25, 0.3) is 6.23 Å². The van der Waals surface area contributed by atoms with Crippen LogP contribution < -0.4 is 9.80 Å². The maximum absolute atomic E-state index is 6.15. The van der Waals surface area contributed by atoms with Crippen molar-refractivity contribution >= 4 is 28.5 Å². The van der Waals surface area contributed by atoms with Gasteiger partial charge < -0.3 is 19.3 Å². The van der Waals surface area contributed by atoms with E-state index in [1.807, 2.05) is 14.2 Å². The number of para-hydroxylation sites is 2. The van der Waals surface area contributed by atoms with Gasteiger partial charge in [-0.25, -0.2) is 0 Å². The smallest absolute Gasteiger partial charge is 0.262 e. The first-order chi connectivity index (χ1) is 27.0. The van der Waals surface area contributed by atoms with Crippen LogP contribution in [0.5, 0.6) is 0 Å². The van der Waals surface area contributed by atoms with E-state index >= 15 is 0 Å². The minimum absolute atomic E-state index is 0.0632. The summed E-state index contributed by atoms with van der Waals surface area (Å²) in [5, 5.41) is 0. The van der Waals surface area contributed by atoms with Crippen LogP contribution in [0.15, 0.2) is 144 Å². The van der Waals surface area contributed by atoms with Crippen molar-refractivity contribution in [2.45, 2.75) is 104 Å². The monoisotopic (exact) mass is 746 g/mol. The van der Waals surface area contributed by atoms with Crippen molar-refractivity contribution in [3.05, 3.63) is 166 Å². The van der Waals surface area contributed by atoms with Gasteiger partial charge in [-0.15, -0.1) is 0 Å². The van der Waals surface area contributed by atoms with Gasteiger partial charge in [-0.2, -0.15) is 4.58 Å². The Bertz CT molecular complexity index is 2190. The lowest BCUT2D eigenvalue weighted by Gasteiger charge is -2.33. The number of rotatable bonds is 12. The van der Waals surface area contributed by atoms with E-state index in [0.717, 1.165) is 37.1 Å². The first kappa shape index (κ1) is 39.3. The lowest BCUT2D eigenvalue weighted by molar-refractivity contribution is -0.538. The summed E-state index contributed by atoms with van der Waals surface area (Å²) < 4.78 is 14.7. The van der Waals surface area contributed by atoms with Gasteiger partial charge in [-0.3, -0.25) is 0 Å². The van der Waals surface area contributed by atoms with Gasteiger partial charge in [-0.05, 0) is 106 Å². The number of anilines is 3. The first-order valence-electron chi connectivity index (χ1n) is 20.4. The summed E-state index contributed by atoms with van der Waals surface area (Å²) in [7, 11) is 3.66. The van der Waals surface area contributed by atoms with Crippen molar-refractivity contribution in [2.75, 3.05) is 24.0 Å². The molecule has 2 atom stereocenters. The molecule has 0 bridgehead atoms. The first-order valence-corrected chi connectivity index (χ1v) is 20.4. The Morgan fingerprint density at radius 1 is 0.714 bits per heavy atom. The molecular formula is C51H60N3O2+. The molecule has 4 aromatic rings. The van der Waals surface area contributed by atoms with Gasteiger partial charge in [0, 0.05) is 66.5 Å². The molecule has 2 heterocycles. The number of ether oxygens (including phenoxy) is 2. The molecule has 0 N–H and O–H groups in total. The number of fused-ring (bicyclic) bond motifs is 2. The van der Waals surface area contributed by atoms with Crippen molar-refractivity contribution < 1.29 is 14.0 Å². The third-order valence-corrected chi connectivity index (χ3v) is 12.2. The highest BCUT2D eigenvalue weighted by Gasteiger charge is 2.47. The molecule has 290 valence electrons. The summed E-state index contributed by atoms with van der Waals surface area (Å²) in [4.78, 5) is 4.89. The summed E-state index contributed by atoms with van der Waals surface area (Å²) in [6.45, 7) is 18.2. The zero-order valence-electron chi connectivity index (χ0n) is 35.2. The van der Waals surface area contributed by atoms with Crippen molar-refractivity contribution in [1.29, 1.82) is 0 Å². The fourth-order valence-corrected chi connectivity index (χ4v) is 9.21. The van der Waals surface area contributed by atoms with E-state index < -0.39 is 0 Å². The molecule has 5 heteroatoms. The summed E-state index contributed by atoms with van der Waals surface area (Å²) >= 11 is 0. The summed E-state index contributed by atoms with van der Waals surface area (Å²) in [5.41, 5.74) is 16.0. The molecule has 0 saturated heterocycles. The Morgan fingerprint density at radius 2 is 1.34 bits per heavy atom.